The van der Waals surface area contributed by atoms with Gasteiger partial charge in [-0.2, -0.15) is 8.42 Å². The van der Waals surface area contributed by atoms with Crippen LogP contribution in [0, 0.1) is 5.92 Å². The molecule has 18 heavy (non-hydrogen) atoms. The van der Waals surface area contributed by atoms with Crippen LogP contribution in [-0.2, 0) is 14.3 Å². The van der Waals surface area contributed by atoms with Crippen molar-refractivity contribution in [2.75, 3.05) is 0 Å². The predicted molar refractivity (Wildman–Crippen MR) is 72.7 cm³/mol. The van der Waals surface area contributed by atoms with Crippen molar-refractivity contribution in [3.8, 4) is 0 Å². The summed E-state index contributed by atoms with van der Waals surface area (Å²) >= 11 is 0. The van der Waals surface area contributed by atoms with Crippen LogP contribution in [0.3, 0.4) is 0 Å². The second-order valence-electron chi connectivity index (χ2n) is 5.53. The maximum Gasteiger partial charge on any atom is 0.277 e. The first-order valence-corrected chi connectivity index (χ1v) is 8.15. The molecule has 2 aliphatic rings. The van der Waals surface area contributed by atoms with Gasteiger partial charge in [0, 0.05) is 0 Å². The van der Waals surface area contributed by atoms with E-state index in [4.69, 9.17) is 4.18 Å². The third kappa shape index (κ3) is 2.54. The molecule has 0 aromatic heterocycles. The Morgan fingerprint density at radius 2 is 1.83 bits per heavy atom. The lowest BCUT2D eigenvalue weighted by molar-refractivity contribution is 0.155. The lowest BCUT2D eigenvalue weighted by Crippen LogP contribution is -2.43. The molecule has 0 radical (unpaired) electrons. The second-order valence-corrected chi connectivity index (χ2v) is 7.51. The lowest BCUT2D eigenvalue weighted by Gasteiger charge is -2.34. The molecule has 2 aliphatic carbocycles. The van der Waals surface area contributed by atoms with Crippen molar-refractivity contribution in [1.82, 2.24) is 0 Å². The summed E-state index contributed by atoms with van der Waals surface area (Å²) in [7, 11) is -3.57. The van der Waals surface area contributed by atoms with E-state index in [1.807, 2.05) is 19.1 Å². The molecule has 2 rings (SSSR count). The van der Waals surface area contributed by atoms with Crippen molar-refractivity contribution in [2.24, 2.45) is 5.92 Å². The predicted octanol–water partition coefficient (Wildman–Crippen LogP) is 3.19. The topological polar surface area (TPSA) is 43.4 Å². The molecule has 3 nitrogen and oxygen atoms in total. The molecule has 0 aromatic carbocycles. The van der Waals surface area contributed by atoms with Gasteiger partial charge in [0.2, 0.25) is 0 Å². The Hall–Kier alpha value is -0.610. The Bertz CT molecular complexity index is 444. The first kappa shape index (κ1) is 13.8. The molecule has 2 unspecified atom stereocenters. The van der Waals surface area contributed by atoms with E-state index < -0.39 is 14.9 Å². The van der Waals surface area contributed by atoms with Crippen LogP contribution < -0.4 is 0 Å². The molecule has 0 saturated heterocycles. The van der Waals surface area contributed by atoms with Crippen LogP contribution in [0.25, 0.3) is 0 Å². The fourth-order valence-corrected chi connectivity index (χ4v) is 4.11. The summed E-state index contributed by atoms with van der Waals surface area (Å²) in [6.45, 7) is 3.66. The SMILES string of the molecule is CC1C=CC=CC1(C)S(=O)(=O)OC1CCCCC1. The van der Waals surface area contributed by atoms with Crippen LogP contribution in [0.4, 0.5) is 0 Å². The van der Waals surface area contributed by atoms with Crippen molar-refractivity contribution in [3.05, 3.63) is 24.3 Å². The molecule has 0 aromatic rings. The zero-order chi connectivity index (χ0) is 13.2. The van der Waals surface area contributed by atoms with Crippen LogP contribution in [0.5, 0.6) is 0 Å². The summed E-state index contributed by atoms with van der Waals surface area (Å²) < 4.78 is 29.5. The summed E-state index contributed by atoms with van der Waals surface area (Å²) in [5, 5.41) is 0. The van der Waals surface area contributed by atoms with E-state index in [1.165, 1.54) is 6.42 Å². The van der Waals surface area contributed by atoms with E-state index in [1.54, 1.807) is 19.1 Å². The van der Waals surface area contributed by atoms with E-state index in [2.05, 4.69) is 0 Å². The van der Waals surface area contributed by atoms with E-state index in [-0.39, 0.29) is 12.0 Å². The average molecular weight is 270 g/mol. The highest BCUT2D eigenvalue weighted by atomic mass is 32.2. The zero-order valence-electron chi connectivity index (χ0n) is 11.1. The number of allylic oxidation sites excluding steroid dienone is 3. The molecular formula is C14H22O3S. The van der Waals surface area contributed by atoms with Gasteiger partial charge in [-0.15, -0.1) is 0 Å². The molecule has 102 valence electrons. The molecule has 1 saturated carbocycles. The van der Waals surface area contributed by atoms with Crippen molar-refractivity contribution < 1.29 is 12.6 Å². The third-order valence-electron chi connectivity index (χ3n) is 4.20. The van der Waals surface area contributed by atoms with Gasteiger partial charge in [-0.05, 0) is 25.7 Å². The average Bonchev–Trinajstić information content (AvgIpc) is 2.33. The Morgan fingerprint density at radius 3 is 2.44 bits per heavy atom. The van der Waals surface area contributed by atoms with Crippen LogP contribution in [-0.4, -0.2) is 19.3 Å². The first-order chi connectivity index (χ1) is 8.46. The quantitative estimate of drug-likeness (QED) is 0.740. The van der Waals surface area contributed by atoms with Gasteiger partial charge < -0.3 is 0 Å². The van der Waals surface area contributed by atoms with Crippen LogP contribution in [0.1, 0.15) is 46.0 Å². The Morgan fingerprint density at radius 1 is 1.17 bits per heavy atom. The van der Waals surface area contributed by atoms with Crippen molar-refractivity contribution in [1.29, 1.82) is 0 Å². The number of hydrogen-bond acceptors (Lipinski definition) is 3. The minimum atomic E-state index is -3.57. The van der Waals surface area contributed by atoms with E-state index in [9.17, 15) is 8.42 Å². The van der Waals surface area contributed by atoms with Gasteiger partial charge >= 0.3 is 0 Å². The van der Waals surface area contributed by atoms with Crippen molar-refractivity contribution in [2.45, 2.75) is 56.8 Å². The molecule has 1 fully saturated rings. The minimum Gasteiger partial charge on any atom is -0.266 e. The normalized spacial score (nSPS) is 33.8. The molecule has 0 amide bonds. The van der Waals surface area contributed by atoms with Crippen LogP contribution in [0.2, 0.25) is 0 Å². The summed E-state index contributed by atoms with van der Waals surface area (Å²) in [6.07, 6.45) is 12.3. The Labute approximate surface area is 110 Å². The Kier molecular flexibility index (Phi) is 3.97. The fraction of sp³-hybridized carbons (Fsp3) is 0.714. The molecule has 0 N–H and O–H groups in total. The standard InChI is InChI=1S/C14H22O3S/c1-12-8-6-7-11-14(12,2)18(15,16)17-13-9-4-3-5-10-13/h6-8,11-13H,3-5,9-10H2,1-2H3. The monoisotopic (exact) mass is 270 g/mol. The summed E-state index contributed by atoms with van der Waals surface area (Å²) in [6, 6.07) is 0. The van der Waals surface area contributed by atoms with Gasteiger partial charge in [0.1, 0.15) is 4.75 Å². The van der Waals surface area contributed by atoms with Gasteiger partial charge in [0.15, 0.2) is 0 Å². The third-order valence-corrected chi connectivity index (χ3v) is 6.31. The number of rotatable bonds is 3. The molecular weight excluding hydrogens is 248 g/mol. The van der Waals surface area contributed by atoms with Gasteiger partial charge in [-0.3, -0.25) is 4.18 Å². The highest BCUT2D eigenvalue weighted by Gasteiger charge is 2.44. The highest BCUT2D eigenvalue weighted by Crippen LogP contribution is 2.35. The fourth-order valence-electron chi connectivity index (χ4n) is 2.58. The maximum atomic E-state index is 12.5. The molecule has 0 heterocycles. The molecule has 2 atom stereocenters. The van der Waals surface area contributed by atoms with Gasteiger partial charge in [-0.25, -0.2) is 0 Å². The van der Waals surface area contributed by atoms with Gasteiger partial charge in [-0.1, -0.05) is 50.5 Å². The molecule has 4 heteroatoms. The highest BCUT2D eigenvalue weighted by molar-refractivity contribution is 7.88. The summed E-state index contributed by atoms with van der Waals surface area (Å²) in [5.41, 5.74) is 0. The smallest absolute Gasteiger partial charge is 0.266 e. The lowest BCUT2D eigenvalue weighted by atomic mass is 9.91. The van der Waals surface area contributed by atoms with Crippen LogP contribution >= 0.6 is 0 Å². The van der Waals surface area contributed by atoms with Crippen molar-refractivity contribution >= 4 is 10.1 Å². The summed E-state index contributed by atoms with van der Waals surface area (Å²) in [4.78, 5) is 0. The van der Waals surface area contributed by atoms with Crippen LogP contribution in [0.15, 0.2) is 24.3 Å². The van der Waals surface area contributed by atoms with Crippen molar-refractivity contribution in [3.63, 3.8) is 0 Å². The Balaban J connectivity index is 2.14. The van der Waals surface area contributed by atoms with E-state index >= 15 is 0 Å². The molecule has 0 spiro atoms. The minimum absolute atomic E-state index is 0.0592. The second kappa shape index (κ2) is 5.17. The number of hydrogen-bond donors (Lipinski definition) is 0. The zero-order valence-corrected chi connectivity index (χ0v) is 11.9. The maximum absolute atomic E-state index is 12.5. The molecule has 0 bridgehead atoms. The molecule has 0 aliphatic heterocycles. The van der Waals surface area contributed by atoms with E-state index in [0.29, 0.717) is 0 Å². The largest absolute Gasteiger partial charge is 0.277 e. The van der Waals surface area contributed by atoms with Gasteiger partial charge in [0.25, 0.3) is 10.1 Å². The van der Waals surface area contributed by atoms with E-state index in [0.717, 1.165) is 25.7 Å². The first-order valence-electron chi connectivity index (χ1n) is 6.74. The van der Waals surface area contributed by atoms with Gasteiger partial charge in [0.05, 0.1) is 6.10 Å². The summed E-state index contributed by atoms with van der Waals surface area (Å²) in [5.74, 6) is -0.0592.